The fourth-order valence-corrected chi connectivity index (χ4v) is 4.64. The van der Waals surface area contributed by atoms with E-state index in [0.29, 0.717) is 16.5 Å². The number of benzene rings is 2. The molecule has 8 heteroatoms. The standard InChI is InChI=1S/C26H24FN5OS/c1-18-6-8-22(9-7-18)32-25(19-12-14-28-15-13-19)29-30-26(32)34-17-24(33)31(21-10-11-21)16-20-4-2-3-5-23(20)27/h2-9,12-15,21H,10-11,16-17H2,1H3. The topological polar surface area (TPSA) is 63.9 Å². The van der Waals surface area contributed by atoms with Gasteiger partial charge in [0.25, 0.3) is 0 Å². The number of hydrogen-bond acceptors (Lipinski definition) is 5. The highest BCUT2D eigenvalue weighted by Crippen LogP contribution is 2.32. The van der Waals surface area contributed by atoms with E-state index >= 15 is 0 Å². The summed E-state index contributed by atoms with van der Waals surface area (Å²) in [6, 6.07) is 18.7. The van der Waals surface area contributed by atoms with Crippen LogP contribution in [-0.4, -0.2) is 42.4 Å². The van der Waals surface area contributed by atoms with Crippen molar-refractivity contribution in [2.24, 2.45) is 0 Å². The fraction of sp³-hybridized carbons (Fsp3) is 0.231. The summed E-state index contributed by atoms with van der Waals surface area (Å²) in [6.45, 7) is 2.32. The van der Waals surface area contributed by atoms with Crippen LogP contribution in [0.15, 0.2) is 78.2 Å². The van der Waals surface area contributed by atoms with Crippen molar-refractivity contribution in [3.8, 4) is 17.1 Å². The first-order chi connectivity index (χ1) is 16.6. The van der Waals surface area contributed by atoms with Crippen LogP contribution >= 0.6 is 11.8 Å². The van der Waals surface area contributed by atoms with E-state index < -0.39 is 0 Å². The Morgan fingerprint density at radius 3 is 2.50 bits per heavy atom. The highest BCUT2D eigenvalue weighted by molar-refractivity contribution is 7.99. The molecule has 172 valence electrons. The highest BCUT2D eigenvalue weighted by atomic mass is 32.2. The van der Waals surface area contributed by atoms with Crippen LogP contribution in [-0.2, 0) is 11.3 Å². The third-order valence-corrected chi connectivity index (χ3v) is 6.71. The molecule has 2 heterocycles. The second-order valence-electron chi connectivity index (χ2n) is 8.35. The number of thioether (sulfide) groups is 1. The second-order valence-corrected chi connectivity index (χ2v) is 9.29. The Balaban J connectivity index is 1.39. The Hall–Kier alpha value is -3.52. The molecule has 34 heavy (non-hydrogen) atoms. The van der Waals surface area contributed by atoms with Crippen molar-refractivity contribution in [2.75, 3.05) is 5.75 Å². The average molecular weight is 474 g/mol. The zero-order chi connectivity index (χ0) is 23.5. The van der Waals surface area contributed by atoms with Crippen LogP contribution in [0.5, 0.6) is 0 Å². The predicted molar refractivity (Wildman–Crippen MR) is 130 cm³/mol. The number of nitrogens with zero attached hydrogens (tertiary/aromatic N) is 5. The molecule has 0 N–H and O–H groups in total. The molecule has 1 saturated carbocycles. The molecule has 2 aromatic carbocycles. The molecule has 4 aromatic rings. The summed E-state index contributed by atoms with van der Waals surface area (Å²) in [5, 5.41) is 9.46. The summed E-state index contributed by atoms with van der Waals surface area (Å²) in [4.78, 5) is 19.1. The van der Waals surface area contributed by atoms with Gasteiger partial charge in [-0.25, -0.2) is 4.39 Å². The number of carbonyl (C=O) groups excluding carboxylic acids is 1. The molecular weight excluding hydrogens is 449 g/mol. The van der Waals surface area contributed by atoms with Gasteiger partial charge in [0.15, 0.2) is 11.0 Å². The molecule has 1 aliphatic rings. The average Bonchev–Trinajstić information content (AvgIpc) is 3.61. The molecule has 0 bridgehead atoms. The fourth-order valence-electron chi connectivity index (χ4n) is 3.80. The number of halogens is 1. The van der Waals surface area contributed by atoms with Gasteiger partial charge in [0.05, 0.1) is 5.75 Å². The minimum atomic E-state index is -0.283. The summed E-state index contributed by atoms with van der Waals surface area (Å²) >= 11 is 1.35. The molecule has 0 aliphatic heterocycles. The zero-order valence-electron chi connectivity index (χ0n) is 18.8. The molecule has 0 atom stereocenters. The van der Waals surface area contributed by atoms with Crippen molar-refractivity contribution in [2.45, 2.75) is 37.5 Å². The minimum Gasteiger partial charge on any atom is -0.335 e. The second kappa shape index (κ2) is 9.77. The van der Waals surface area contributed by atoms with Gasteiger partial charge >= 0.3 is 0 Å². The van der Waals surface area contributed by atoms with Crippen molar-refractivity contribution in [1.82, 2.24) is 24.6 Å². The third kappa shape index (κ3) is 4.87. The predicted octanol–water partition coefficient (Wildman–Crippen LogP) is 5.06. The van der Waals surface area contributed by atoms with E-state index in [9.17, 15) is 9.18 Å². The Bertz CT molecular complexity index is 1290. The lowest BCUT2D eigenvalue weighted by atomic mass is 10.2. The molecule has 1 amide bonds. The summed E-state index contributed by atoms with van der Waals surface area (Å²) in [6.07, 6.45) is 5.35. The molecule has 0 spiro atoms. The maximum atomic E-state index is 14.2. The van der Waals surface area contributed by atoms with Crippen LogP contribution < -0.4 is 0 Å². The summed E-state index contributed by atoms with van der Waals surface area (Å²) in [5.74, 6) is 0.576. The quantitative estimate of drug-likeness (QED) is 0.335. The van der Waals surface area contributed by atoms with Gasteiger partial charge < -0.3 is 4.90 Å². The van der Waals surface area contributed by atoms with E-state index in [1.54, 1.807) is 35.5 Å². The van der Waals surface area contributed by atoms with E-state index in [2.05, 4.69) is 15.2 Å². The Labute approximate surface area is 201 Å². The summed E-state index contributed by atoms with van der Waals surface area (Å²) < 4.78 is 16.2. The molecule has 0 unspecified atom stereocenters. The molecule has 1 fully saturated rings. The van der Waals surface area contributed by atoms with Gasteiger partial charge in [-0.05, 0) is 50.1 Å². The number of pyridine rings is 1. The van der Waals surface area contributed by atoms with Gasteiger partial charge in [-0.1, -0.05) is 47.7 Å². The monoisotopic (exact) mass is 473 g/mol. The van der Waals surface area contributed by atoms with Crippen LogP contribution in [0, 0.1) is 12.7 Å². The number of rotatable bonds is 8. The molecule has 0 radical (unpaired) electrons. The van der Waals surface area contributed by atoms with Gasteiger partial charge in [-0.3, -0.25) is 14.3 Å². The van der Waals surface area contributed by atoms with Gasteiger partial charge in [0, 0.05) is 41.8 Å². The number of carbonyl (C=O) groups is 1. The Kier molecular flexibility index (Phi) is 6.40. The highest BCUT2D eigenvalue weighted by Gasteiger charge is 2.33. The summed E-state index contributed by atoms with van der Waals surface area (Å²) in [7, 11) is 0. The van der Waals surface area contributed by atoms with Crippen molar-refractivity contribution < 1.29 is 9.18 Å². The van der Waals surface area contributed by atoms with E-state index in [-0.39, 0.29) is 30.1 Å². The smallest absolute Gasteiger partial charge is 0.233 e. The van der Waals surface area contributed by atoms with Gasteiger partial charge in [0.1, 0.15) is 5.82 Å². The van der Waals surface area contributed by atoms with Crippen LogP contribution in [0.4, 0.5) is 4.39 Å². The first-order valence-electron chi connectivity index (χ1n) is 11.2. The number of hydrogen-bond donors (Lipinski definition) is 0. The van der Waals surface area contributed by atoms with Gasteiger partial charge in [-0.2, -0.15) is 0 Å². The zero-order valence-corrected chi connectivity index (χ0v) is 19.6. The van der Waals surface area contributed by atoms with Crippen molar-refractivity contribution in [3.63, 3.8) is 0 Å². The largest absolute Gasteiger partial charge is 0.335 e. The Morgan fingerprint density at radius 1 is 1.06 bits per heavy atom. The van der Waals surface area contributed by atoms with E-state index in [1.807, 2.05) is 47.9 Å². The van der Waals surface area contributed by atoms with Crippen LogP contribution in [0.25, 0.3) is 17.1 Å². The van der Waals surface area contributed by atoms with E-state index in [4.69, 9.17) is 0 Å². The molecule has 1 aliphatic carbocycles. The van der Waals surface area contributed by atoms with Crippen LogP contribution in [0.2, 0.25) is 0 Å². The van der Waals surface area contributed by atoms with E-state index in [0.717, 1.165) is 29.7 Å². The van der Waals surface area contributed by atoms with Gasteiger partial charge in [-0.15, -0.1) is 10.2 Å². The number of amides is 1. The first kappa shape index (κ1) is 22.3. The normalized spacial score (nSPS) is 13.1. The van der Waals surface area contributed by atoms with Crippen molar-refractivity contribution in [1.29, 1.82) is 0 Å². The number of aromatic nitrogens is 4. The van der Waals surface area contributed by atoms with Crippen molar-refractivity contribution >= 4 is 17.7 Å². The van der Waals surface area contributed by atoms with E-state index in [1.165, 1.54) is 17.8 Å². The number of aryl methyl sites for hydroxylation is 1. The third-order valence-electron chi connectivity index (χ3n) is 5.80. The molecule has 2 aromatic heterocycles. The maximum absolute atomic E-state index is 14.2. The minimum absolute atomic E-state index is 0.0281. The lowest BCUT2D eigenvalue weighted by Gasteiger charge is -2.22. The van der Waals surface area contributed by atoms with Gasteiger partial charge in [0.2, 0.25) is 5.91 Å². The van der Waals surface area contributed by atoms with Crippen LogP contribution in [0.3, 0.4) is 0 Å². The molecular formula is C26H24FN5OS. The summed E-state index contributed by atoms with van der Waals surface area (Å²) in [5.41, 5.74) is 3.50. The molecule has 0 saturated heterocycles. The molecule has 5 rings (SSSR count). The van der Waals surface area contributed by atoms with Crippen molar-refractivity contribution in [3.05, 3.63) is 90.0 Å². The molecule has 6 nitrogen and oxygen atoms in total. The SMILES string of the molecule is Cc1ccc(-n2c(SCC(=O)N(Cc3ccccc3F)C3CC3)nnc2-c2ccncc2)cc1. The first-order valence-corrected chi connectivity index (χ1v) is 12.2. The van der Waals surface area contributed by atoms with Crippen LogP contribution in [0.1, 0.15) is 24.0 Å². The lowest BCUT2D eigenvalue weighted by molar-refractivity contribution is -0.129. The lowest BCUT2D eigenvalue weighted by Crippen LogP contribution is -2.34. The maximum Gasteiger partial charge on any atom is 0.233 e. The Morgan fingerprint density at radius 2 is 1.79 bits per heavy atom.